The Morgan fingerprint density at radius 1 is 1.26 bits per heavy atom. The molecule has 2 rings (SSSR count). The van der Waals surface area contributed by atoms with E-state index in [1.54, 1.807) is 22.9 Å². The van der Waals surface area contributed by atoms with Gasteiger partial charge in [-0.05, 0) is 23.8 Å². The quantitative estimate of drug-likeness (QED) is 0.837. The normalized spacial score (nSPS) is 11.1. The molecular weight excluding hydrogens is 243 g/mol. The van der Waals surface area contributed by atoms with E-state index >= 15 is 0 Å². The molecule has 0 aliphatic heterocycles. The van der Waals surface area contributed by atoms with Crippen LogP contribution in [-0.4, -0.2) is 15.0 Å². The molecule has 0 saturated carbocycles. The van der Waals surface area contributed by atoms with Crippen LogP contribution in [0.2, 0.25) is 0 Å². The van der Waals surface area contributed by atoms with E-state index in [2.05, 4.69) is 16.9 Å². The second-order valence-corrected chi connectivity index (χ2v) is 3.98. The third kappa shape index (κ3) is 3.14. The molecule has 2 aromatic rings. The van der Waals surface area contributed by atoms with Crippen LogP contribution in [-0.2, 0) is 13.1 Å². The topological polar surface area (TPSA) is 56.7 Å². The highest BCUT2D eigenvalue weighted by atomic mass is 19.1. The average Bonchev–Trinajstić information content (AvgIpc) is 2.81. The zero-order valence-corrected chi connectivity index (χ0v) is 10.5. The molecule has 98 valence electrons. The van der Waals surface area contributed by atoms with Crippen LogP contribution in [0.25, 0.3) is 12.2 Å². The number of hydrogen-bond donors (Lipinski definition) is 1. The van der Waals surface area contributed by atoms with Gasteiger partial charge in [0.1, 0.15) is 11.5 Å². The maximum atomic E-state index is 12.8. The van der Waals surface area contributed by atoms with Gasteiger partial charge in [-0.25, -0.2) is 9.07 Å². The molecule has 0 radical (unpaired) electrons. The van der Waals surface area contributed by atoms with Crippen molar-refractivity contribution in [2.24, 2.45) is 5.73 Å². The van der Waals surface area contributed by atoms with Crippen molar-refractivity contribution in [2.75, 3.05) is 0 Å². The highest BCUT2D eigenvalue weighted by Gasteiger charge is 2.07. The SMILES string of the molecule is C=CCn1nnc(CN)c1/C=C/c1ccc(F)cc1. The lowest BCUT2D eigenvalue weighted by Crippen LogP contribution is -2.03. The Balaban J connectivity index is 2.28. The van der Waals surface area contributed by atoms with Crippen LogP contribution in [0.4, 0.5) is 4.39 Å². The highest BCUT2D eigenvalue weighted by Crippen LogP contribution is 2.12. The lowest BCUT2D eigenvalue weighted by molar-refractivity contribution is 0.628. The maximum absolute atomic E-state index is 12.8. The number of aromatic nitrogens is 3. The van der Waals surface area contributed by atoms with E-state index in [1.807, 2.05) is 12.2 Å². The van der Waals surface area contributed by atoms with Crippen LogP contribution < -0.4 is 5.73 Å². The second kappa shape index (κ2) is 6.06. The smallest absolute Gasteiger partial charge is 0.123 e. The second-order valence-electron chi connectivity index (χ2n) is 3.98. The largest absolute Gasteiger partial charge is 0.325 e. The molecule has 1 heterocycles. The molecule has 0 bridgehead atoms. The summed E-state index contributed by atoms with van der Waals surface area (Å²) >= 11 is 0. The van der Waals surface area contributed by atoms with Gasteiger partial charge in [-0.15, -0.1) is 11.7 Å². The minimum Gasteiger partial charge on any atom is -0.325 e. The van der Waals surface area contributed by atoms with E-state index in [-0.39, 0.29) is 5.82 Å². The summed E-state index contributed by atoms with van der Waals surface area (Å²) in [5.41, 5.74) is 8.08. The first kappa shape index (κ1) is 13.2. The fourth-order valence-electron chi connectivity index (χ4n) is 1.69. The molecule has 0 aliphatic rings. The van der Waals surface area contributed by atoms with Crippen molar-refractivity contribution in [3.8, 4) is 0 Å². The number of allylic oxidation sites excluding steroid dienone is 1. The van der Waals surface area contributed by atoms with Gasteiger partial charge in [-0.3, -0.25) is 0 Å². The van der Waals surface area contributed by atoms with Gasteiger partial charge in [-0.2, -0.15) is 0 Å². The number of benzene rings is 1. The van der Waals surface area contributed by atoms with Gasteiger partial charge < -0.3 is 5.73 Å². The zero-order valence-electron chi connectivity index (χ0n) is 10.5. The van der Waals surface area contributed by atoms with Crippen LogP contribution >= 0.6 is 0 Å². The third-order valence-electron chi connectivity index (χ3n) is 2.65. The molecule has 5 heteroatoms. The van der Waals surface area contributed by atoms with Gasteiger partial charge in [0.15, 0.2) is 0 Å². The highest BCUT2D eigenvalue weighted by molar-refractivity contribution is 5.68. The van der Waals surface area contributed by atoms with Crippen molar-refractivity contribution in [1.29, 1.82) is 0 Å². The Hall–Kier alpha value is -2.27. The van der Waals surface area contributed by atoms with Gasteiger partial charge in [0.2, 0.25) is 0 Å². The molecule has 1 aromatic carbocycles. The minimum absolute atomic E-state index is 0.252. The number of halogens is 1. The Labute approximate surface area is 111 Å². The summed E-state index contributed by atoms with van der Waals surface area (Å²) in [6.45, 7) is 4.56. The molecule has 19 heavy (non-hydrogen) atoms. The molecule has 0 unspecified atom stereocenters. The molecule has 0 aliphatic carbocycles. The van der Waals surface area contributed by atoms with Crippen molar-refractivity contribution < 1.29 is 4.39 Å². The van der Waals surface area contributed by atoms with Crippen molar-refractivity contribution in [3.05, 3.63) is 59.7 Å². The van der Waals surface area contributed by atoms with E-state index < -0.39 is 0 Å². The third-order valence-corrected chi connectivity index (χ3v) is 2.65. The maximum Gasteiger partial charge on any atom is 0.123 e. The van der Waals surface area contributed by atoms with Gasteiger partial charge >= 0.3 is 0 Å². The van der Waals surface area contributed by atoms with E-state index in [9.17, 15) is 4.39 Å². The summed E-state index contributed by atoms with van der Waals surface area (Å²) in [6, 6.07) is 6.25. The lowest BCUT2D eigenvalue weighted by Gasteiger charge is -2.00. The molecule has 4 nitrogen and oxygen atoms in total. The monoisotopic (exact) mass is 258 g/mol. The van der Waals surface area contributed by atoms with Crippen LogP contribution in [0.3, 0.4) is 0 Å². The fourth-order valence-corrected chi connectivity index (χ4v) is 1.69. The van der Waals surface area contributed by atoms with E-state index in [0.29, 0.717) is 13.1 Å². The van der Waals surface area contributed by atoms with Crippen LogP contribution in [0.1, 0.15) is 17.0 Å². The summed E-state index contributed by atoms with van der Waals surface area (Å²) in [5.74, 6) is -0.252. The number of rotatable bonds is 5. The summed E-state index contributed by atoms with van der Waals surface area (Å²) in [7, 11) is 0. The van der Waals surface area contributed by atoms with Crippen LogP contribution in [0.15, 0.2) is 36.9 Å². The zero-order chi connectivity index (χ0) is 13.7. The van der Waals surface area contributed by atoms with Gasteiger partial charge in [0.05, 0.1) is 12.2 Å². The van der Waals surface area contributed by atoms with Gasteiger partial charge in [-0.1, -0.05) is 29.5 Å². The fraction of sp³-hybridized carbons (Fsp3) is 0.143. The summed E-state index contributed by atoms with van der Waals surface area (Å²) in [5, 5.41) is 8.02. The van der Waals surface area contributed by atoms with Gasteiger partial charge in [0, 0.05) is 6.54 Å². The first-order chi connectivity index (χ1) is 9.24. The van der Waals surface area contributed by atoms with E-state index in [4.69, 9.17) is 5.73 Å². The predicted molar refractivity (Wildman–Crippen MR) is 73.4 cm³/mol. The lowest BCUT2D eigenvalue weighted by atomic mass is 10.2. The Morgan fingerprint density at radius 3 is 2.63 bits per heavy atom. The summed E-state index contributed by atoms with van der Waals surface area (Å²) in [4.78, 5) is 0. The minimum atomic E-state index is -0.252. The number of nitrogens with two attached hydrogens (primary N) is 1. The van der Waals surface area contributed by atoms with Crippen molar-refractivity contribution >= 4 is 12.2 Å². The molecule has 0 fully saturated rings. The average molecular weight is 258 g/mol. The van der Waals surface area contributed by atoms with Crippen LogP contribution in [0, 0.1) is 5.82 Å². The molecule has 0 spiro atoms. The number of hydrogen-bond acceptors (Lipinski definition) is 3. The Kier molecular flexibility index (Phi) is 4.20. The van der Waals surface area contributed by atoms with Crippen molar-refractivity contribution in [3.63, 3.8) is 0 Å². The standard InChI is InChI=1S/C14H15FN4/c1-2-9-19-14(13(10-16)17-18-19)8-5-11-3-6-12(15)7-4-11/h2-8H,1,9-10,16H2/b8-5+. The number of nitrogens with zero attached hydrogens (tertiary/aromatic N) is 3. The first-order valence-electron chi connectivity index (χ1n) is 5.91. The summed E-state index contributed by atoms with van der Waals surface area (Å²) in [6.07, 6.45) is 5.49. The van der Waals surface area contributed by atoms with E-state index in [0.717, 1.165) is 17.0 Å². The first-order valence-corrected chi connectivity index (χ1v) is 5.91. The molecule has 0 amide bonds. The Morgan fingerprint density at radius 2 is 2.00 bits per heavy atom. The van der Waals surface area contributed by atoms with Crippen LogP contribution in [0.5, 0.6) is 0 Å². The summed E-state index contributed by atoms with van der Waals surface area (Å²) < 4.78 is 14.5. The van der Waals surface area contributed by atoms with E-state index in [1.165, 1.54) is 12.1 Å². The van der Waals surface area contributed by atoms with Crippen molar-refractivity contribution in [1.82, 2.24) is 15.0 Å². The Bertz CT molecular complexity index is 584. The molecule has 2 N–H and O–H groups in total. The molecule has 0 atom stereocenters. The van der Waals surface area contributed by atoms with Gasteiger partial charge in [0.25, 0.3) is 0 Å². The molecule has 0 saturated heterocycles. The van der Waals surface area contributed by atoms with Crippen molar-refractivity contribution in [2.45, 2.75) is 13.1 Å². The molecular formula is C14H15FN4. The molecule has 1 aromatic heterocycles. The predicted octanol–water partition coefficient (Wildman–Crippen LogP) is 2.23.